The summed E-state index contributed by atoms with van der Waals surface area (Å²) in [6, 6.07) is 8.48. The molecule has 2 heterocycles. The van der Waals surface area contributed by atoms with E-state index in [0.717, 1.165) is 42.4 Å². The number of aromatic nitrogens is 2. The summed E-state index contributed by atoms with van der Waals surface area (Å²) in [5, 5.41) is 17.3. The van der Waals surface area contributed by atoms with Gasteiger partial charge < -0.3 is 15.7 Å². The lowest BCUT2D eigenvalue weighted by molar-refractivity contribution is 0.0166. The Morgan fingerprint density at radius 3 is 2.48 bits per heavy atom. The molecule has 1 saturated heterocycles. The number of likely N-dealkylation sites (tertiary alicyclic amines) is 1. The fraction of sp³-hybridized carbons (Fsp3) is 0.545. The zero-order valence-corrected chi connectivity index (χ0v) is 18.4. The minimum Gasteiger partial charge on any atom is -0.388 e. The Hall–Kier alpha value is -1.70. The van der Waals surface area contributed by atoms with E-state index in [-0.39, 0.29) is 0 Å². The smallest absolute Gasteiger partial charge is 0.229 e. The predicted molar refractivity (Wildman–Crippen MR) is 120 cm³/mol. The molecule has 1 aliphatic heterocycles. The van der Waals surface area contributed by atoms with Crippen LogP contribution in [0.5, 0.6) is 0 Å². The van der Waals surface area contributed by atoms with Crippen LogP contribution >= 0.6 is 15.9 Å². The third-order valence-electron chi connectivity index (χ3n) is 5.93. The molecule has 156 valence electrons. The average molecular weight is 460 g/mol. The van der Waals surface area contributed by atoms with Crippen LogP contribution in [0.2, 0.25) is 0 Å². The van der Waals surface area contributed by atoms with Gasteiger partial charge >= 0.3 is 0 Å². The maximum Gasteiger partial charge on any atom is 0.229 e. The Morgan fingerprint density at radius 1 is 1.03 bits per heavy atom. The Labute approximate surface area is 181 Å². The van der Waals surface area contributed by atoms with E-state index >= 15 is 0 Å². The second-order valence-electron chi connectivity index (χ2n) is 8.33. The molecule has 1 aliphatic carbocycles. The van der Waals surface area contributed by atoms with Gasteiger partial charge in [-0.2, -0.15) is 4.98 Å². The molecule has 0 unspecified atom stereocenters. The van der Waals surface area contributed by atoms with Crippen LogP contribution in [0.4, 0.5) is 17.5 Å². The minimum atomic E-state index is -0.637. The molecular weight excluding hydrogens is 430 g/mol. The number of halogens is 1. The monoisotopic (exact) mass is 459 g/mol. The number of hydrogen-bond donors (Lipinski definition) is 3. The number of nitrogens with zero attached hydrogens (tertiary/aromatic N) is 3. The second kappa shape index (κ2) is 9.41. The molecular formula is C22H30BrN5O. The Morgan fingerprint density at radius 2 is 1.76 bits per heavy atom. The summed E-state index contributed by atoms with van der Waals surface area (Å²) in [7, 11) is 0. The largest absolute Gasteiger partial charge is 0.388 e. The van der Waals surface area contributed by atoms with Gasteiger partial charge in [0.2, 0.25) is 5.95 Å². The molecule has 7 heteroatoms. The maximum atomic E-state index is 10.7. The maximum absolute atomic E-state index is 10.7. The predicted octanol–water partition coefficient (Wildman–Crippen LogP) is 4.69. The lowest BCUT2D eigenvalue weighted by Gasteiger charge is -2.32. The van der Waals surface area contributed by atoms with Gasteiger partial charge in [-0.1, -0.05) is 31.4 Å². The van der Waals surface area contributed by atoms with Crippen LogP contribution < -0.4 is 10.6 Å². The zero-order chi connectivity index (χ0) is 20.1. The molecule has 0 amide bonds. The Kier molecular flexibility index (Phi) is 6.67. The minimum absolute atomic E-state index is 0.507. The number of aliphatic hydroxyl groups is 1. The SMILES string of the molecule is OC1(CNc2nc(Nc3ccc(CN4CCCC4)cc3)ncc2Br)CCCCC1. The van der Waals surface area contributed by atoms with Crippen LogP contribution in [0.3, 0.4) is 0 Å². The number of hydrogen-bond acceptors (Lipinski definition) is 6. The van der Waals surface area contributed by atoms with E-state index in [1.807, 2.05) is 0 Å². The summed E-state index contributed by atoms with van der Waals surface area (Å²) >= 11 is 3.51. The first-order chi connectivity index (χ1) is 14.1. The van der Waals surface area contributed by atoms with Crippen molar-refractivity contribution >= 4 is 33.4 Å². The molecule has 1 aromatic heterocycles. The van der Waals surface area contributed by atoms with Crippen molar-refractivity contribution in [1.82, 2.24) is 14.9 Å². The second-order valence-corrected chi connectivity index (χ2v) is 9.19. The van der Waals surface area contributed by atoms with E-state index in [1.54, 1.807) is 6.20 Å². The van der Waals surface area contributed by atoms with Gasteiger partial charge in [-0.3, -0.25) is 4.90 Å². The van der Waals surface area contributed by atoms with E-state index < -0.39 is 5.60 Å². The fourth-order valence-corrected chi connectivity index (χ4v) is 4.54. The van der Waals surface area contributed by atoms with E-state index in [2.05, 4.69) is 65.7 Å². The lowest BCUT2D eigenvalue weighted by Crippen LogP contribution is -2.39. The van der Waals surface area contributed by atoms with Gasteiger partial charge in [-0.25, -0.2) is 4.98 Å². The van der Waals surface area contributed by atoms with Crippen LogP contribution in [0, 0.1) is 0 Å². The standard InChI is InChI=1S/C22H30BrN5O/c23-19-14-24-21(27-20(19)25-16-22(29)10-2-1-3-11-22)26-18-8-6-17(7-9-18)15-28-12-4-5-13-28/h6-9,14,29H,1-5,10-13,15-16H2,(H2,24,25,26,27). The Balaban J connectivity index is 1.36. The lowest BCUT2D eigenvalue weighted by atomic mass is 9.85. The summed E-state index contributed by atoms with van der Waals surface area (Å²) in [6.07, 6.45) is 9.44. The molecule has 3 N–H and O–H groups in total. The van der Waals surface area contributed by atoms with E-state index in [0.29, 0.717) is 18.3 Å². The number of nitrogens with one attached hydrogen (secondary N) is 2. The molecule has 6 nitrogen and oxygen atoms in total. The number of rotatable bonds is 7. The van der Waals surface area contributed by atoms with Crippen LogP contribution in [0.25, 0.3) is 0 Å². The van der Waals surface area contributed by atoms with Gasteiger partial charge in [0.1, 0.15) is 5.82 Å². The van der Waals surface area contributed by atoms with Crippen molar-refractivity contribution in [3.05, 3.63) is 40.5 Å². The molecule has 29 heavy (non-hydrogen) atoms. The van der Waals surface area contributed by atoms with E-state index in [1.165, 1.54) is 37.9 Å². The van der Waals surface area contributed by atoms with Crippen molar-refractivity contribution in [2.24, 2.45) is 0 Å². The molecule has 0 radical (unpaired) electrons. The van der Waals surface area contributed by atoms with Crippen molar-refractivity contribution in [3.63, 3.8) is 0 Å². The van der Waals surface area contributed by atoms with Crippen molar-refractivity contribution in [3.8, 4) is 0 Å². The molecule has 4 rings (SSSR count). The van der Waals surface area contributed by atoms with Crippen LogP contribution in [0.15, 0.2) is 34.9 Å². The summed E-state index contributed by atoms with van der Waals surface area (Å²) < 4.78 is 0.795. The van der Waals surface area contributed by atoms with Crippen molar-refractivity contribution in [2.75, 3.05) is 30.3 Å². The third-order valence-corrected chi connectivity index (χ3v) is 6.51. The highest BCUT2D eigenvalue weighted by Gasteiger charge is 2.29. The molecule has 1 aromatic carbocycles. The summed E-state index contributed by atoms with van der Waals surface area (Å²) in [5.74, 6) is 1.24. The average Bonchev–Trinajstić information content (AvgIpc) is 3.23. The zero-order valence-electron chi connectivity index (χ0n) is 16.8. The summed E-state index contributed by atoms with van der Waals surface area (Å²) in [6.45, 7) is 3.94. The molecule has 2 aliphatic rings. The normalized spacial score (nSPS) is 19.2. The summed E-state index contributed by atoms with van der Waals surface area (Å²) in [4.78, 5) is 11.5. The highest BCUT2D eigenvalue weighted by atomic mass is 79.9. The molecule has 1 saturated carbocycles. The van der Waals surface area contributed by atoms with Gasteiger partial charge in [0.25, 0.3) is 0 Å². The topological polar surface area (TPSA) is 73.3 Å². The van der Waals surface area contributed by atoms with Gasteiger partial charge in [-0.15, -0.1) is 0 Å². The highest BCUT2D eigenvalue weighted by Crippen LogP contribution is 2.29. The first-order valence-corrected chi connectivity index (χ1v) is 11.5. The van der Waals surface area contributed by atoms with Crippen LogP contribution in [-0.2, 0) is 6.54 Å². The van der Waals surface area contributed by atoms with Gasteiger partial charge in [-0.05, 0) is 72.4 Å². The molecule has 2 aromatic rings. The first-order valence-electron chi connectivity index (χ1n) is 10.7. The van der Waals surface area contributed by atoms with Crippen LogP contribution in [-0.4, -0.2) is 45.2 Å². The summed E-state index contributed by atoms with van der Waals surface area (Å²) in [5.41, 5.74) is 1.66. The molecule has 2 fully saturated rings. The van der Waals surface area contributed by atoms with Crippen LogP contribution in [0.1, 0.15) is 50.5 Å². The van der Waals surface area contributed by atoms with E-state index in [4.69, 9.17) is 0 Å². The molecule has 0 bridgehead atoms. The number of benzene rings is 1. The highest BCUT2D eigenvalue weighted by molar-refractivity contribution is 9.10. The van der Waals surface area contributed by atoms with Crippen molar-refractivity contribution in [2.45, 2.75) is 57.1 Å². The van der Waals surface area contributed by atoms with Crippen molar-refractivity contribution in [1.29, 1.82) is 0 Å². The quantitative estimate of drug-likeness (QED) is 0.557. The van der Waals surface area contributed by atoms with Gasteiger partial charge in [0.05, 0.1) is 10.1 Å². The molecule has 0 atom stereocenters. The van der Waals surface area contributed by atoms with Gasteiger partial charge in [0.15, 0.2) is 0 Å². The molecule has 0 spiro atoms. The van der Waals surface area contributed by atoms with Gasteiger partial charge in [0, 0.05) is 25.0 Å². The number of anilines is 3. The van der Waals surface area contributed by atoms with Crippen molar-refractivity contribution < 1.29 is 5.11 Å². The first kappa shape index (κ1) is 20.6. The Bertz CT molecular complexity index is 801. The van der Waals surface area contributed by atoms with E-state index in [9.17, 15) is 5.11 Å². The fourth-order valence-electron chi connectivity index (χ4n) is 4.21. The third kappa shape index (κ3) is 5.68.